The first-order valence-electron chi connectivity index (χ1n) is 6.91. The molecule has 4 nitrogen and oxygen atoms in total. The number of hydrogen-bond donors (Lipinski definition) is 1. The van der Waals surface area contributed by atoms with Crippen molar-refractivity contribution in [2.24, 2.45) is 0 Å². The second-order valence-corrected chi connectivity index (χ2v) is 5.42. The molecule has 1 N–H and O–H groups in total. The molecule has 0 bridgehead atoms. The standard InChI is InChI=1S/C17H12N2O2/c1-9-2-3-13-10(6-9)11-7-12-14(19-17(11)18-13)4-5-15-16(12)21-8-20-15/h2-7H,8H2,1H3,(H,18,19). The summed E-state index contributed by atoms with van der Waals surface area (Å²) in [6.07, 6.45) is 0. The lowest BCUT2D eigenvalue weighted by Gasteiger charge is -2.02. The van der Waals surface area contributed by atoms with E-state index in [4.69, 9.17) is 14.5 Å². The fourth-order valence-corrected chi connectivity index (χ4v) is 3.03. The van der Waals surface area contributed by atoms with Crippen LogP contribution >= 0.6 is 0 Å². The Morgan fingerprint density at radius 1 is 1.00 bits per heavy atom. The number of pyridine rings is 1. The normalized spacial score (nSPS) is 13.6. The molecule has 0 saturated heterocycles. The van der Waals surface area contributed by atoms with Crippen molar-refractivity contribution >= 4 is 32.8 Å². The molecule has 4 aromatic rings. The van der Waals surface area contributed by atoms with Crippen LogP contribution < -0.4 is 9.47 Å². The number of nitrogens with one attached hydrogen (secondary N) is 1. The predicted octanol–water partition coefficient (Wildman–Crippen LogP) is 3.91. The molecule has 102 valence electrons. The summed E-state index contributed by atoms with van der Waals surface area (Å²) in [5, 5.41) is 3.31. The zero-order valence-corrected chi connectivity index (χ0v) is 11.4. The molecule has 2 aromatic carbocycles. The van der Waals surface area contributed by atoms with Gasteiger partial charge in [0.2, 0.25) is 6.79 Å². The molecule has 0 fully saturated rings. The van der Waals surface area contributed by atoms with Crippen LogP contribution in [-0.2, 0) is 0 Å². The molecule has 21 heavy (non-hydrogen) atoms. The minimum Gasteiger partial charge on any atom is -0.454 e. The number of ether oxygens (including phenoxy) is 2. The third kappa shape index (κ3) is 1.41. The zero-order valence-electron chi connectivity index (χ0n) is 11.4. The largest absolute Gasteiger partial charge is 0.454 e. The van der Waals surface area contributed by atoms with E-state index in [0.717, 1.165) is 39.0 Å². The maximum Gasteiger partial charge on any atom is 0.231 e. The van der Waals surface area contributed by atoms with E-state index in [-0.39, 0.29) is 6.79 Å². The van der Waals surface area contributed by atoms with Crippen LogP contribution in [0.1, 0.15) is 5.56 Å². The van der Waals surface area contributed by atoms with Gasteiger partial charge < -0.3 is 14.5 Å². The maximum atomic E-state index is 5.60. The van der Waals surface area contributed by atoms with Crippen LogP contribution in [0, 0.1) is 6.92 Å². The molecule has 0 aliphatic carbocycles. The number of benzene rings is 2. The van der Waals surface area contributed by atoms with Crippen molar-refractivity contribution in [2.75, 3.05) is 6.79 Å². The molecule has 1 aliphatic rings. The van der Waals surface area contributed by atoms with Crippen LogP contribution in [0.15, 0.2) is 36.4 Å². The Balaban J connectivity index is 1.97. The van der Waals surface area contributed by atoms with Crippen LogP contribution in [0.3, 0.4) is 0 Å². The Hall–Kier alpha value is -2.75. The second kappa shape index (κ2) is 3.67. The Kier molecular flexibility index (Phi) is 1.91. The van der Waals surface area contributed by atoms with Crippen LogP contribution in [0.25, 0.3) is 32.8 Å². The molecule has 0 unspecified atom stereocenters. The zero-order chi connectivity index (χ0) is 14.0. The van der Waals surface area contributed by atoms with E-state index in [0.29, 0.717) is 0 Å². The third-order valence-corrected chi connectivity index (χ3v) is 4.05. The number of fused-ring (bicyclic) bond motifs is 6. The number of aryl methyl sites for hydroxylation is 1. The number of H-pyrrole nitrogens is 1. The average molecular weight is 276 g/mol. The molecule has 2 aromatic heterocycles. The maximum absolute atomic E-state index is 5.60. The molecular weight excluding hydrogens is 264 g/mol. The van der Waals surface area contributed by atoms with Gasteiger partial charge in [0.1, 0.15) is 5.65 Å². The third-order valence-electron chi connectivity index (χ3n) is 4.05. The minimum atomic E-state index is 0.277. The lowest BCUT2D eigenvalue weighted by Crippen LogP contribution is -1.93. The monoisotopic (exact) mass is 276 g/mol. The van der Waals surface area contributed by atoms with E-state index in [1.54, 1.807) is 0 Å². The molecule has 5 rings (SSSR count). The number of aromatic amines is 1. The Labute approximate surface area is 120 Å². The summed E-state index contributed by atoms with van der Waals surface area (Å²) in [7, 11) is 0. The molecule has 0 radical (unpaired) electrons. The van der Waals surface area contributed by atoms with Crippen LogP contribution in [0.2, 0.25) is 0 Å². The lowest BCUT2D eigenvalue weighted by atomic mass is 10.1. The summed E-state index contributed by atoms with van der Waals surface area (Å²) < 4.78 is 11.0. The van der Waals surface area contributed by atoms with Gasteiger partial charge in [0, 0.05) is 21.7 Å². The summed E-state index contributed by atoms with van der Waals surface area (Å²) in [5.41, 5.74) is 4.16. The molecule has 0 atom stereocenters. The summed E-state index contributed by atoms with van der Waals surface area (Å²) in [6.45, 7) is 2.38. The van der Waals surface area contributed by atoms with Gasteiger partial charge in [0.25, 0.3) is 0 Å². The van der Waals surface area contributed by atoms with Gasteiger partial charge in [0.15, 0.2) is 11.5 Å². The van der Waals surface area contributed by atoms with Gasteiger partial charge in [-0.2, -0.15) is 0 Å². The van der Waals surface area contributed by atoms with Crippen molar-refractivity contribution in [3.63, 3.8) is 0 Å². The van der Waals surface area contributed by atoms with Crippen molar-refractivity contribution in [3.8, 4) is 11.5 Å². The second-order valence-electron chi connectivity index (χ2n) is 5.42. The number of nitrogens with zero attached hydrogens (tertiary/aromatic N) is 1. The fourth-order valence-electron chi connectivity index (χ4n) is 3.03. The van der Waals surface area contributed by atoms with Crippen molar-refractivity contribution < 1.29 is 9.47 Å². The smallest absolute Gasteiger partial charge is 0.231 e. The van der Waals surface area contributed by atoms with Crippen LogP contribution in [0.5, 0.6) is 11.5 Å². The first-order valence-corrected chi connectivity index (χ1v) is 6.91. The SMILES string of the molecule is Cc1ccc2[nH]c3nc4ccc5c(c4cc3c2c1)OCO5. The minimum absolute atomic E-state index is 0.277. The van der Waals surface area contributed by atoms with Gasteiger partial charge in [-0.1, -0.05) is 11.6 Å². The highest BCUT2D eigenvalue weighted by Gasteiger charge is 2.18. The highest BCUT2D eigenvalue weighted by atomic mass is 16.7. The van der Waals surface area contributed by atoms with E-state index < -0.39 is 0 Å². The van der Waals surface area contributed by atoms with Gasteiger partial charge in [-0.05, 0) is 37.3 Å². The van der Waals surface area contributed by atoms with Crippen molar-refractivity contribution in [1.29, 1.82) is 0 Å². The van der Waals surface area contributed by atoms with Gasteiger partial charge >= 0.3 is 0 Å². The fraction of sp³-hybridized carbons (Fsp3) is 0.118. The van der Waals surface area contributed by atoms with Crippen LogP contribution in [0.4, 0.5) is 0 Å². The van der Waals surface area contributed by atoms with Gasteiger partial charge in [-0.25, -0.2) is 4.98 Å². The summed E-state index contributed by atoms with van der Waals surface area (Å²) in [5.74, 6) is 1.59. The number of hydrogen-bond acceptors (Lipinski definition) is 3. The van der Waals surface area contributed by atoms with E-state index >= 15 is 0 Å². The van der Waals surface area contributed by atoms with Gasteiger partial charge in [-0.15, -0.1) is 0 Å². The highest BCUT2D eigenvalue weighted by Crippen LogP contribution is 2.40. The van der Waals surface area contributed by atoms with Crippen molar-refractivity contribution in [2.45, 2.75) is 6.92 Å². The van der Waals surface area contributed by atoms with E-state index in [1.807, 2.05) is 12.1 Å². The summed E-state index contributed by atoms with van der Waals surface area (Å²) in [6, 6.07) is 12.4. The Bertz CT molecular complexity index is 1030. The first kappa shape index (κ1) is 11.0. The molecule has 0 amide bonds. The topological polar surface area (TPSA) is 47.1 Å². The van der Waals surface area contributed by atoms with E-state index in [9.17, 15) is 0 Å². The Morgan fingerprint density at radius 2 is 1.95 bits per heavy atom. The molecule has 4 heteroatoms. The van der Waals surface area contributed by atoms with Gasteiger partial charge in [-0.3, -0.25) is 0 Å². The van der Waals surface area contributed by atoms with Crippen molar-refractivity contribution in [3.05, 3.63) is 42.0 Å². The van der Waals surface area contributed by atoms with Crippen molar-refractivity contribution in [1.82, 2.24) is 9.97 Å². The average Bonchev–Trinajstić information content (AvgIpc) is 3.09. The van der Waals surface area contributed by atoms with Gasteiger partial charge in [0.05, 0.1) is 5.52 Å². The summed E-state index contributed by atoms with van der Waals surface area (Å²) in [4.78, 5) is 8.11. The summed E-state index contributed by atoms with van der Waals surface area (Å²) >= 11 is 0. The lowest BCUT2D eigenvalue weighted by molar-refractivity contribution is 0.175. The molecule has 0 saturated carbocycles. The van der Waals surface area contributed by atoms with E-state index in [1.165, 1.54) is 10.9 Å². The van der Waals surface area contributed by atoms with Crippen LogP contribution in [-0.4, -0.2) is 16.8 Å². The quantitative estimate of drug-likeness (QED) is 0.529. The molecule has 1 aliphatic heterocycles. The first-order chi connectivity index (χ1) is 10.3. The molecular formula is C17H12N2O2. The van der Waals surface area contributed by atoms with E-state index in [2.05, 4.69) is 36.2 Å². The molecule has 3 heterocycles. The predicted molar refractivity (Wildman–Crippen MR) is 82.0 cm³/mol. The highest BCUT2D eigenvalue weighted by molar-refractivity contribution is 6.10. The Morgan fingerprint density at radius 3 is 2.90 bits per heavy atom. The number of rotatable bonds is 0. The number of aromatic nitrogens is 2. The molecule has 0 spiro atoms.